The fourth-order valence-electron chi connectivity index (χ4n) is 1.95. The Morgan fingerprint density at radius 1 is 1.43 bits per heavy atom. The van der Waals surface area contributed by atoms with Crippen LogP contribution in [0.1, 0.15) is 12.0 Å². The summed E-state index contributed by atoms with van der Waals surface area (Å²) < 4.78 is 5.60. The van der Waals surface area contributed by atoms with E-state index in [1.165, 1.54) is 4.90 Å². The number of amides is 1. The van der Waals surface area contributed by atoms with Crippen molar-refractivity contribution in [3.8, 4) is 5.75 Å². The van der Waals surface area contributed by atoms with E-state index in [1.54, 1.807) is 19.3 Å². The van der Waals surface area contributed by atoms with Gasteiger partial charge in [-0.15, -0.1) is 0 Å². The number of nitrogens with zero attached hydrogens (tertiary/aromatic N) is 1. The molecule has 1 aliphatic heterocycles. The number of rotatable bonds is 6. The zero-order chi connectivity index (χ0) is 16.8. The highest BCUT2D eigenvalue weighted by molar-refractivity contribution is 8.26. The van der Waals surface area contributed by atoms with E-state index in [0.717, 1.165) is 23.1 Å². The molecule has 0 aromatic heterocycles. The van der Waals surface area contributed by atoms with Gasteiger partial charge in [-0.2, -0.15) is 0 Å². The molecule has 1 heterocycles. The molecule has 0 saturated carbocycles. The number of aliphatic carboxylic acids is 1. The standard InChI is InChI=1S/C16H15NO4S2/c1-21-12-7-3-2-5-11(12)6-4-8-13-15(20)17(16(22)23-13)10-9-14(18)19/h2-8H,9-10H2,1H3,(H,18,19)/p-1/b6-4+,13-8-. The molecule has 0 unspecified atom stereocenters. The number of carboxylic acid groups (broad SMARTS) is 1. The third-order valence-corrected chi connectivity index (χ3v) is 4.47. The number of ether oxygens (including phenoxy) is 1. The van der Waals surface area contributed by atoms with Crippen LogP contribution in [0.15, 0.2) is 41.3 Å². The third kappa shape index (κ3) is 4.43. The van der Waals surface area contributed by atoms with Crippen molar-refractivity contribution in [1.82, 2.24) is 4.90 Å². The van der Waals surface area contributed by atoms with Crippen LogP contribution in [0.3, 0.4) is 0 Å². The van der Waals surface area contributed by atoms with E-state index in [2.05, 4.69) is 0 Å². The lowest BCUT2D eigenvalue weighted by atomic mass is 10.2. The van der Waals surface area contributed by atoms with Crippen molar-refractivity contribution in [3.05, 3.63) is 46.9 Å². The second kappa shape index (κ2) is 7.94. The molecular weight excluding hydrogens is 334 g/mol. The van der Waals surface area contributed by atoms with Gasteiger partial charge in [-0.3, -0.25) is 9.69 Å². The summed E-state index contributed by atoms with van der Waals surface area (Å²) in [6, 6.07) is 7.51. The van der Waals surface area contributed by atoms with Crippen molar-refractivity contribution in [2.75, 3.05) is 13.7 Å². The van der Waals surface area contributed by atoms with Crippen LogP contribution in [0.2, 0.25) is 0 Å². The monoisotopic (exact) mass is 348 g/mol. The van der Waals surface area contributed by atoms with E-state index in [0.29, 0.717) is 9.23 Å². The van der Waals surface area contributed by atoms with Crippen LogP contribution in [0.25, 0.3) is 6.08 Å². The predicted octanol–water partition coefficient (Wildman–Crippen LogP) is 1.59. The molecule has 1 aromatic rings. The van der Waals surface area contributed by atoms with Crippen LogP contribution in [-0.4, -0.2) is 34.8 Å². The van der Waals surface area contributed by atoms with E-state index in [9.17, 15) is 14.7 Å². The summed E-state index contributed by atoms with van der Waals surface area (Å²) in [6.07, 6.45) is 4.98. The third-order valence-electron chi connectivity index (χ3n) is 3.08. The summed E-state index contributed by atoms with van der Waals surface area (Å²) in [5.74, 6) is -0.760. The van der Waals surface area contributed by atoms with Gasteiger partial charge in [0.05, 0.1) is 12.0 Å². The number of hydrogen-bond donors (Lipinski definition) is 0. The Morgan fingerprint density at radius 2 is 2.17 bits per heavy atom. The first-order valence-electron chi connectivity index (χ1n) is 6.78. The molecule has 0 N–H and O–H groups in total. The topological polar surface area (TPSA) is 69.7 Å². The summed E-state index contributed by atoms with van der Waals surface area (Å²) >= 11 is 6.25. The molecule has 0 aliphatic carbocycles. The van der Waals surface area contributed by atoms with Gasteiger partial charge in [-0.25, -0.2) is 0 Å². The highest BCUT2D eigenvalue weighted by Gasteiger charge is 2.31. The molecule has 0 radical (unpaired) electrons. The second-order valence-electron chi connectivity index (χ2n) is 4.58. The number of hydrogen-bond acceptors (Lipinski definition) is 6. The molecule has 5 nitrogen and oxygen atoms in total. The fraction of sp³-hybridized carbons (Fsp3) is 0.188. The largest absolute Gasteiger partial charge is 0.550 e. The van der Waals surface area contributed by atoms with Crippen LogP contribution in [0.5, 0.6) is 5.75 Å². The summed E-state index contributed by atoms with van der Waals surface area (Å²) in [7, 11) is 1.59. The Labute approximate surface area is 143 Å². The first-order chi connectivity index (χ1) is 11.0. The molecule has 23 heavy (non-hydrogen) atoms. The first-order valence-corrected chi connectivity index (χ1v) is 8.00. The van der Waals surface area contributed by atoms with Crippen LogP contribution in [0, 0.1) is 0 Å². The van der Waals surface area contributed by atoms with E-state index < -0.39 is 5.97 Å². The number of para-hydroxylation sites is 1. The highest BCUT2D eigenvalue weighted by Crippen LogP contribution is 2.31. The normalized spacial score (nSPS) is 16.6. The molecule has 1 aromatic carbocycles. The second-order valence-corrected chi connectivity index (χ2v) is 6.25. The van der Waals surface area contributed by atoms with Gasteiger partial charge in [0, 0.05) is 24.5 Å². The van der Waals surface area contributed by atoms with Crippen LogP contribution < -0.4 is 9.84 Å². The van der Waals surface area contributed by atoms with Crippen LogP contribution in [-0.2, 0) is 9.59 Å². The average molecular weight is 348 g/mol. The van der Waals surface area contributed by atoms with E-state index in [4.69, 9.17) is 17.0 Å². The lowest BCUT2D eigenvalue weighted by Crippen LogP contribution is -2.33. The van der Waals surface area contributed by atoms with Crippen molar-refractivity contribution < 1.29 is 19.4 Å². The van der Waals surface area contributed by atoms with Gasteiger partial charge < -0.3 is 14.6 Å². The lowest BCUT2D eigenvalue weighted by Gasteiger charge is -2.14. The van der Waals surface area contributed by atoms with Crippen molar-refractivity contribution >= 4 is 46.3 Å². The van der Waals surface area contributed by atoms with E-state index in [-0.39, 0.29) is 18.9 Å². The number of carbonyl (C=O) groups excluding carboxylic acids is 2. The van der Waals surface area contributed by atoms with E-state index >= 15 is 0 Å². The minimum absolute atomic E-state index is 0.0283. The zero-order valence-corrected chi connectivity index (χ0v) is 14.0. The molecule has 0 bridgehead atoms. The summed E-state index contributed by atoms with van der Waals surface area (Å²) in [6.45, 7) is 0.0283. The van der Waals surface area contributed by atoms with Crippen molar-refractivity contribution in [1.29, 1.82) is 0 Å². The molecule has 1 saturated heterocycles. The Kier molecular flexibility index (Phi) is 5.95. The smallest absolute Gasteiger partial charge is 0.266 e. The Balaban J connectivity index is 2.08. The number of methoxy groups -OCH3 is 1. The molecular formula is C16H14NO4S2-. The van der Waals surface area contributed by atoms with Gasteiger partial charge in [-0.1, -0.05) is 54.3 Å². The predicted molar refractivity (Wildman–Crippen MR) is 91.6 cm³/mol. The number of allylic oxidation sites excluding steroid dienone is 2. The van der Waals surface area contributed by atoms with Gasteiger partial charge in [0.25, 0.3) is 5.91 Å². The fourth-order valence-corrected chi connectivity index (χ4v) is 3.21. The summed E-state index contributed by atoms with van der Waals surface area (Å²) in [4.78, 5) is 24.4. The zero-order valence-electron chi connectivity index (χ0n) is 12.4. The first kappa shape index (κ1) is 17.2. The molecule has 0 atom stereocenters. The highest BCUT2D eigenvalue weighted by atomic mass is 32.2. The minimum atomic E-state index is -1.21. The number of thiocarbonyl (C=S) groups is 1. The minimum Gasteiger partial charge on any atom is -0.550 e. The van der Waals surface area contributed by atoms with Crippen molar-refractivity contribution in [3.63, 3.8) is 0 Å². The maximum atomic E-state index is 12.2. The number of benzene rings is 1. The Morgan fingerprint density at radius 3 is 2.87 bits per heavy atom. The SMILES string of the molecule is COc1ccccc1/C=C/C=C1\SC(=S)N(CCC(=O)[O-])C1=O. The number of carbonyl (C=O) groups is 2. The van der Waals surface area contributed by atoms with E-state index in [1.807, 2.05) is 30.3 Å². The number of thioether (sulfide) groups is 1. The average Bonchev–Trinajstić information content (AvgIpc) is 2.80. The van der Waals surface area contributed by atoms with Gasteiger partial charge in [0.1, 0.15) is 10.1 Å². The molecule has 120 valence electrons. The Bertz CT molecular complexity index is 697. The lowest BCUT2D eigenvalue weighted by molar-refractivity contribution is -0.305. The summed E-state index contributed by atoms with van der Waals surface area (Å²) in [5, 5.41) is 10.5. The van der Waals surface area contributed by atoms with Crippen LogP contribution >= 0.6 is 24.0 Å². The van der Waals surface area contributed by atoms with Crippen molar-refractivity contribution in [2.24, 2.45) is 0 Å². The van der Waals surface area contributed by atoms with Crippen molar-refractivity contribution in [2.45, 2.75) is 6.42 Å². The molecule has 1 amide bonds. The molecule has 2 rings (SSSR count). The summed E-state index contributed by atoms with van der Waals surface area (Å²) in [5.41, 5.74) is 0.888. The van der Waals surface area contributed by atoms with Gasteiger partial charge in [0.2, 0.25) is 0 Å². The molecule has 0 spiro atoms. The maximum Gasteiger partial charge on any atom is 0.266 e. The molecule has 1 aliphatic rings. The van der Waals surface area contributed by atoms with Gasteiger partial charge in [0.15, 0.2) is 0 Å². The van der Waals surface area contributed by atoms with Gasteiger partial charge >= 0.3 is 0 Å². The molecule has 7 heteroatoms. The number of carboxylic acids is 1. The van der Waals surface area contributed by atoms with Crippen LogP contribution in [0.4, 0.5) is 0 Å². The van der Waals surface area contributed by atoms with Gasteiger partial charge in [-0.05, 0) is 12.1 Å². The Hall–Kier alpha value is -2.12. The molecule has 1 fully saturated rings. The quantitative estimate of drug-likeness (QED) is 0.574. The maximum absolute atomic E-state index is 12.2.